The van der Waals surface area contributed by atoms with Crippen molar-refractivity contribution in [1.29, 1.82) is 0 Å². The molecule has 1 aliphatic rings. The highest BCUT2D eigenvalue weighted by atomic mass is 32.1. The van der Waals surface area contributed by atoms with Crippen molar-refractivity contribution >= 4 is 39.7 Å². The molecule has 1 atom stereocenters. The maximum Gasteiger partial charge on any atom is 0.265 e. The predicted molar refractivity (Wildman–Crippen MR) is 129 cm³/mol. The Balaban J connectivity index is 1.40. The van der Waals surface area contributed by atoms with Crippen LogP contribution < -0.4 is 21.1 Å². The number of hydrogen-bond donors (Lipinski definition) is 3. The first kappa shape index (κ1) is 22.5. The fourth-order valence-electron chi connectivity index (χ4n) is 3.80. The average Bonchev–Trinajstić information content (AvgIpc) is 3.18. The molecule has 2 aromatic carbocycles. The Labute approximate surface area is 196 Å². The number of anilines is 2. The lowest BCUT2D eigenvalue weighted by atomic mass is 9.95. The Morgan fingerprint density at radius 3 is 2.36 bits per heavy atom. The molecule has 33 heavy (non-hydrogen) atoms. The Kier molecular flexibility index (Phi) is 6.74. The number of hydrogen-bond acceptors (Lipinski definition) is 5. The lowest BCUT2D eigenvalue weighted by Crippen LogP contribution is -2.30. The number of nitrogens with one attached hydrogen (secondary N) is 2. The number of thiophene rings is 1. The summed E-state index contributed by atoms with van der Waals surface area (Å²) in [5, 5.41) is 6.14. The van der Waals surface area contributed by atoms with Gasteiger partial charge in [0.05, 0.1) is 5.56 Å². The molecule has 7 nitrogen and oxygen atoms in total. The zero-order valence-corrected chi connectivity index (χ0v) is 19.0. The van der Waals surface area contributed by atoms with Crippen molar-refractivity contribution in [2.75, 3.05) is 10.6 Å². The molecule has 3 amide bonds. The second kappa shape index (κ2) is 9.87. The largest absolute Gasteiger partial charge is 0.481 e. The molecule has 0 saturated heterocycles. The number of para-hydroxylation sites is 1. The second-order valence-corrected chi connectivity index (χ2v) is 8.98. The minimum Gasteiger partial charge on any atom is -0.481 e. The van der Waals surface area contributed by atoms with E-state index in [9.17, 15) is 14.4 Å². The quantitative estimate of drug-likeness (QED) is 0.483. The molecule has 0 fully saturated rings. The highest BCUT2D eigenvalue weighted by Crippen LogP contribution is 2.38. The zero-order chi connectivity index (χ0) is 23.4. The molecule has 8 heteroatoms. The minimum absolute atomic E-state index is 0.274. The van der Waals surface area contributed by atoms with Gasteiger partial charge in [-0.1, -0.05) is 18.2 Å². The molecule has 0 aliphatic heterocycles. The first-order chi connectivity index (χ1) is 15.9. The molecule has 1 aromatic heterocycles. The summed E-state index contributed by atoms with van der Waals surface area (Å²) < 4.78 is 5.70. The Bertz CT molecular complexity index is 1170. The van der Waals surface area contributed by atoms with Crippen molar-refractivity contribution in [3.8, 4) is 5.75 Å². The van der Waals surface area contributed by atoms with Crippen LogP contribution in [0.15, 0.2) is 54.6 Å². The van der Waals surface area contributed by atoms with Gasteiger partial charge in [0.2, 0.25) is 0 Å². The van der Waals surface area contributed by atoms with Crippen LogP contribution in [0.4, 0.5) is 10.7 Å². The molecule has 0 unspecified atom stereocenters. The average molecular weight is 464 g/mol. The van der Waals surface area contributed by atoms with Crippen molar-refractivity contribution in [2.24, 2.45) is 5.73 Å². The van der Waals surface area contributed by atoms with E-state index < -0.39 is 12.0 Å². The van der Waals surface area contributed by atoms with Crippen molar-refractivity contribution in [3.05, 3.63) is 76.2 Å². The van der Waals surface area contributed by atoms with E-state index in [0.717, 1.165) is 36.1 Å². The van der Waals surface area contributed by atoms with Crippen LogP contribution in [0.3, 0.4) is 0 Å². The number of ether oxygens (including phenoxy) is 1. The van der Waals surface area contributed by atoms with Gasteiger partial charge in [-0.05, 0) is 74.6 Å². The van der Waals surface area contributed by atoms with Crippen LogP contribution in [0.5, 0.6) is 5.75 Å². The van der Waals surface area contributed by atoms with Gasteiger partial charge in [-0.3, -0.25) is 14.4 Å². The van der Waals surface area contributed by atoms with E-state index in [-0.39, 0.29) is 11.8 Å². The van der Waals surface area contributed by atoms with E-state index in [1.54, 1.807) is 43.3 Å². The first-order valence-electron chi connectivity index (χ1n) is 10.8. The summed E-state index contributed by atoms with van der Waals surface area (Å²) >= 11 is 1.43. The van der Waals surface area contributed by atoms with Crippen LogP contribution in [0.1, 0.15) is 50.9 Å². The highest BCUT2D eigenvalue weighted by molar-refractivity contribution is 7.17. The standard InChI is InChI=1S/C25H25N3O4S/c1-15(23(30)27-17-7-3-2-4-8-17)32-18-13-11-16(12-14-18)24(31)28-25-21(22(26)29)19-9-5-6-10-20(19)33-25/h2-4,7-8,11-15H,5-6,9-10H2,1H3,(H2,26,29)(H,27,30)(H,28,31)/t15-/m1/s1. The summed E-state index contributed by atoms with van der Waals surface area (Å²) in [6, 6.07) is 15.6. The smallest absolute Gasteiger partial charge is 0.265 e. The summed E-state index contributed by atoms with van der Waals surface area (Å²) in [5.74, 6) is -0.663. The third-order valence-corrected chi connectivity index (χ3v) is 6.69. The summed E-state index contributed by atoms with van der Waals surface area (Å²) in [5.41, 5.74) is 8.11. The van der Waals surface area contributed by atoms with E-state index in [1.807, 2.05) is 18.2 Å². The zero-order valence-electron chi connectivity index (χ0n) is 18.2. The van der Waals surface area contributed by atoms with Crippen molar-refractivity contribution in [3.63, 3.8) is 0 Å². The van der Waals surface area contributed by atoms with Gasteiger partial charge < -0.3 is 21.1 Å². The molecular weight excluding hydrogens is 438 g/mol. The van der Waals surface area contributed by atoms with Gasteiger partial charge in [0.25, 0.3) is 17.7 Å². The van der Waals surface area contributed by atoms with Crippen LogP contribution in [-0.2, 0) is 17.6 Å². The maximum absolute atomic E-state index is 12.8. The Hall–Kier alpha value is -3.65. The number of benzene rings is 2. The second-order valence-electron chi connectivity index (χ2n) is 7.87. The van der Waals surface area contributed by atoms with Gasteiger partial charge in [-0.25, -0.2) is 0 Å². The number of carbonyl (C=O) groups excluding carboxylic acids is 3. The van der Waals surface area contributed by atoms with Gasteiger partial charge in [0.1, 0.15) is 10.8 Å². The van der Waals surface area contributed by atoms with E-state index in [4.69, 9.17) is 10.5 Å². The maximum atomic E-state index is 12.8. The van der Waals surface area contributed by atoms with E-state index in [1.165, 1.54) is 11.3 Å². The summed E-state index contributed by atoms with van der Waals surface area (Å²) in [7, 11) is 0. The molecule has 0 radical (unpaired) electrons. The number of carbonyl (C=O) groups is 3. The number of nitrogens with two attached hydrogens (primary N) is 1. The summed E-state index contributed by atoms with van der Waals surface area (Å²) in [6.45, 7) is 1.66. The van der Waals surface area contributed by atoms with Crippen LogP contribution >= 0.6 is 11.3 Å². The summed E-state index contributed by atoms with van der Waals surface area (Å²) in [6.07, 6.45) is 3.07. The predicted octanol–water partition coefficient (Wildman–Crippen LogP) is 4.38. The molecule has 0 spiro atoms. The fourth-order valence-corrected chi connectivity index (χ4v) is 5.09. The van der Waals surface area contributed by atoms with E-state index in [0.29, 0.717) is 27.6 Å². The lowest BCUT2D eigenvalue weighted by Gasteiger charge is -2.15. The third kappa shape index (κ3) is 5.23. The van der Waals surface area contributed by atoms with Gasteiger partial charge >= 0.3 is 0 Å². The van der Waals surface area contributed by atoms with Gasteiger partial charge in [0.15, 0.2) is 6.10 Å². The van der Waals surface area contributed by atoms with Crippen LogP contribution in [0.2, 0.25) is 0 Å². The molecule has 0 saturated carbocycles. The topological polar surface area (TPSA) is 111 Å². The van der Waals surface area contributed by atoms with Gasteiger partial charge in [-0.2, -0.15) is 0 Å². The van der Waals surface area contributed by atoms with Crippen LogP contribution in [0.25, 0.3) is 0 Å². The van der Waals surface area contributed by atoms with Crippen molar-refractivity contribution < 1.29 is 19.1 Å². The van der Waals surface area contributed by atoms with E-state index in [2.05, 4.69) is 10.6 Å². The molecule has 1 heterocycles. The SMILES string of the molecule is C[C@@H](Oc1ccc(C(=O)Nc2sc3c(c2C(N)=O)CCCC3)cc1)C(=O)Nc1ccccc1. The van der Waals surface area contributed by atoms with Crippen molar-refractivity contribution in [1.82, 2.24) is 0 Å². The monoisotopic (exact) mass is 463 g/mol. The number of aryl methyl sites for hydroxylation is 1. The molecule has 3 aromatic rings. The molecule has 1 aliphatic carbocycles. The highest BCUT2D eigenvalue weighted by Gasteiger charge is 2.25. The molecular formula is C25H25N3O4S. The van der Waals surface area contributed by atoms with Crippen molar-refractivity contribution in [2.45, 2.75) is 38.7 Å². The first-order valence-corrected chi connectivity index (χ1v) is 11.6. The molecule has 4 rings (SSSR count). The van der Waals surface area contributed by atoms with Gasteiger partial charge in [0, 0.05) is 16.1 Å². The number of amides is 3. The number of rotatable bonds is 7. The van der Waals surface area contributed by atoms with Crippen LogP contribution in [-0.4, -0.2) is 23.8 Å². The van der Waals surface area contributed by atoms with Gasteiger partial charge in [-0.15, -0.1) is 11.3 Å². The normalized spacial score (nSPS) is 13.5. The minimum atomic E-state index is -0.722. The number of fused-ring (bicyclic) bond motifs is 1. The van der Waals surface area contributed by atoms with Crippen LogP contribution in [0, 0.1) is 0 Å². The lowest BCUT2D eigenvalue weighted by molar-refractivity contribution is -0.122. The summed E-state index contributed by atoms with van der Waals surface area (Å²) in [4.78, 5) is 38.3. The third-order valence-electron chi connectivity index (χ3n) is 5.48. The fraction of sp³-hybridized carbons (Fsp3) is 0.240. The number of primary amides is 1. The Morgan fingerprint density at radius 2 is 1.67 bits per heavy atom. The molecule has 4 N–H and O–H groups in total. The van der Waals surface area contributed by atoms with E-state index >= 15 is 0 Å². The molecule has 0 bridgehead atoms. The Morgan fingerprint density at radius 1 is 0.970 bits per heavy atom. The molecule has 170 valence electrons.